The van der Waals surface area contributed by atoms with Gasteiger partial charge >= 0.3 is 0 Å². The molecule has 1 heterocycles. The van der Waals surface area contributed by atoms with Crippen LogP contribution in [0.2, 0.25) is 0 Å². The van der Waals surface area contributed by atoms with Gasteiger partial charge < -0.3 is 9.52 Å². The number of oxazole rings is 1. The Morgan fingerprint density at radius 1 is 1.06 bits per heavy atom. The number of hydrogen-bond acceptors (Lipinski definition) is 3. The summed E-state index contributed by atoms with van der Waals surface area (Å²) in [6.45, 7) is 0. The lowest BCUT2D eigenvalue weighted by atomic mass is 10.2. The zero-order chi connectivity index (χ0) is 11.8. The molecule has 84 valence electrons. The van der Waals surface area contributed by atoms with Gasteiger partial charge in [-0.1, -0.05) is 0 Å². The maximum Gasteiger partial charge on any atom is 0.227 e. The number of halogens is 1. The first-order valence-electron chi connectivity index (χ1n) is 5.08. The highest BCUT2D eigenvalue weighted by Crippen LogP contribution is 2.26. The van der Waals surface area contributed by atoms with Crippen molar-refractivity contribution in [2.24, 2.45) is 0 Å². The molecule has 3 rings (SSSR count). The predicted octanol–water partition coefficient (Wildman–Crippen LogP) is 3.81. The smallest absolute Gasteiger partial charge is 0.227 e. The Morgan fingerprint density at radius 3 is 2.59 bits per heavy atom. The van der Waals surface area contributed by atoms with E-state index in [4.69, 9.17) is 4.42 Å². The summed E-state index contributed by atoms with van der Waals surface area (Å²) in [5.74, 6) is 0.754. The molecule has 0 atom stereocenters. The molecule has 0 aliphatic rings. The van der Waals surface area contributed by atoms with Crippen LogP contribution in [0.25, 0.3) is 22.6 Å². The van der Waals surface area contributed by atoms with Crippen LogP contribution in [-0.4, -0.2) is 10.1 Å². The van der Waals surface area contributed by atoms with E-state index in [1.54, 1.807) is 18.2 Å². The van der Waals surface area contributed by atoms with Gasteiger partial charge in [0.1, 0.15) is 11.3 Å². The second kappa shape index (κ2) is 4.03. The molecule has 0 saturated heterocycles. The number of aromatic nitrogens is 1. The lowest BCUT2D eigenvalue weighted by Gasteiger charge is -1.94. The van der Waals surface area contributed by atoms with Crippen LogP contribution in [0, 0.1) is 3.57 Å². The zero-order valence-corrected chi connectivity index (χ0v) is 10.9. The molecule has 0 amide bonds. The Hall–Kier alpha value is -1.56. The number of fused-ring (bicyclic) bond motifs is 1. The molecule has 3 aromatic rings. The van der Waals surface area contributed by atoms with Crippen LogP contribution < -0.4 is 0 Å². The van der Waals surface area contributed by atoms with E-state index in [2.05, 4.69) is 27.6 Å². The largest absolute Gasteiger partial charge is 0.508 e. The van der Waals surface area contributed by atoms with Crippen LogP contribution in [0.1, 0.15) is 0 Å². The Labute approximate surface area is 111 Å². The van der Waals surface area contributed by atoms with E-state index < -0.39 is 0 Å². The van der Waals surface area contributed by atoms with Crippen LogP contribution in [-0.2, 0) is 0 Å². The molecule has 2 aromatic carbocycles. The summed E-state index contributed by atoms with van der Waals surface area (Å²) in [4.78, 5) is 4.37. The van der Waals surface area contributed by atoms with Crippen molar-refractivity contribution in [1.82, 2.24) is 4.98 Å². The maximum absolute atomic E-state index is 9.36. The predicted molar refractivity (Wildman–Crippen MR) is 73.8 cm³/mol. The minimum atomic E-state index is 0.183. The third-order valence-electron chi connectivity index (χ3n) is 2.46. The number of phenols is 1. The molecule has 1 N–H and O–H groups in total. The van der Waals surface area contributed by atoms with Gasteiger partial charge in [0, 0.05) is 15.2 Å². The number of aromatic hydroxyl groups is 1. The molecule has 1 aromatic heterocycles. The lowest BCUT2D eigenvalue weighted by molar-refractivity contribution is 0.474. The van der Waals surface area contributed by atoms with Crippen molar-refractivity contribution >= 4 is 33.7 Å². The molecule has 0 radical (unpaired) electrons. The minimum absolute atomic E-state index is 0.183. The first kappa shape index (κ1) is 10.6. The Kier molecular flexibility index (Phi) is 2.51. The summed E-state index contributed by atoms with van der Waals surface area (Å²) >= 11 is 2.25. The van der Waals surface area contributed by atoms with Crippen LogP contribution in [0.4, 0.5) is 0 Å². The zero-order valence-electron chi connectivity index (χ0n) is 8.72. The highest BCUT2D eigenvalue weighted by molar-refractivity contribution is 14.1. The maximum atomic E-state index is 9.36. The summed E-state index contributed by atoms with van der Waals surface area (Å²) in [7, 11) is 0. The van der Waals surface area contributed by atoms with E-state index in [1.807, 2.05) is 24.3 Å². The Bertz CT molecular complexity index is 673. The van der Waals surface area contributed by atoms with Gasteiger partial charge in [-0.25, -0.2) is 4.98 Å². The molecule has 0 unspecified atom stereocenters. The number of rotatable bonds is 1. The summed E-state index contributed by atoms with van der Waals surface area (Å²) in [6, 6.07) is 12.8. The molecule has 0 bridgehead atoms. The molecule has 0 spiro atoms. The van der Waals surface area contributed by atoms with Gasteiger partial charge in [-0.2, -0.15) is 0 Å². The van der Waals surface area contributed by atoms with Crippen LogP contribution >= 0.6 is 22.6 Å². The van der Waals surface area contributed by atoms with Crippen molar-refractivity contribution in [3.8, 4) is 17.2 Å². The monoisotopic (exact) mass is 337 g/mol. The summed E-state index contributed by atoms with van der Waals surface area (Å²) < 4.78 is 6.77. The standard InChI is InChI=1S/C13H8INO2/c14-9-3-1-8(2-4-9)13-15-11-6-5-10(16)7-12(11)17-13/h1-7,16H. The van der Waals surface area contributed by atoms with Gasteiger partial charge in [0.15, 0.2) is 5.58 Å². The molecule has 3 nitrogen and oxygen atoms in total. The fourth-order valence-electron chi connectivity index (χ4n) is 1.63. The molecule has 0 saturated carbocycles. The molecular weight excluding hydrogens is 329 g/mol. The van der Waals surface area contributed by atoms with Gasteiger partial charge in [0.05, 0.1) is 0 Å². The minimum Gasteiger partial charge on any atom is -0.508 e. The number of benzene rings is 2. The normalized spacial score (nSPS) is 10.9. The van der Waals surface area contributed by atoms with Gasteiger partial charge in [-0.15, -0.1) is 0 Å². The van der Waals surface area contributed by atoms with Crippen molar-refractivity contribution in [2.75, 3.05) is 0 Å². The fourth-order valence-corrected chi connectivity index (χ4v) is 1.99. The van der Waals surface area contributed by atoms with Crippen LogP contribution in [0.5, 0.6) is 5.75 Å². The topological polar surface area (TPSA) is 46.3 Å². The van der Waals surface area contributed by atoms with Gasteiger partial charge in [-0.05, 0) is 59.0 Å². The highest BCUT2D eigenvalue weighted by Gasteiger charge is 2.08. The van der Waals surface area contributed by atoms with E-state index >= 15 is 0 Å². The van der Waals surface area contributed by atoms with E-state index in [0.717, 1.165) is 11.1 Å². The summed E-state index contributed by atoms with van der Waals surface area (Å²) in [5, 5.41) is 9.36. The average molecular weight is 337 g/mol. The fraction of sp³-hybridized carbons (Fsp3) is 0. The van der Waals surface area contributed by atoms with E-state index in [9.17, 15) is 5.11 Å². The summed E-state index contributed by atoms with van der Waals surface area (Å²) in [5.41, 5.74) is 2.27. The number of hydrogen-bond donors (Lipinski definition) is 1. The SMILES string of the molecule is Oc1ccc2nc(-c3ccc(I)cc3)oc2c1. The van der Waals surface area contributed by atoms with Crippen LogP contribution in [0.3, 0.4) is 0 Å². The van der Waals surface area contributed by atoms with E-state index in [1.165, 1.54) is 3.57 Å². The van der Waals surface area contributed by atoms with Crippen molar-refractivity contribution in [3.63, 3.8) is 0 Å². The van der Waals surface area contributed by atoms with Crippen molar-refractivity contribution in [2.45, 2.75) is 0 Å². The number of nitrogens with zero attached hydrogens (tertiary/aromatic N) is 1. The first-order chi connectivity index (χ1) is 8.22. The molecular formula is C13H8INO2. The molecule has 0 aliphatic heterocycles. The lowest BCUT2D eigenvalue weighted by Crippen LogP contribution is -1.77. The van der Waals surface area contributed by atoms with Gasteiger partial charge in [-0.3, -0.25) is 0 Å². The number of phenolic OH excluding ortho intramolecular Hbond substituents is 1. The quantitative estimate of drug-likeness (QED) is 0.687. The highest BCUT2D eigenvalue weighted by atomic mass is 127. The van der Waals surface area contributed by atoms with Crippen molar-refractivity contribution in [1.29, 1.82) is 0 Å². The second-order valence-electron chi connectivity index (χ2n) is 3.68. The second-order valence-corrected chi connectivity index (χ2v) is 4.92. The van der Waals surface area contributed by atoms with E-state index in [0.29, 0.717) is 11.5 Å². The molecule has 0 fully saturated rings. The van der Waals surface area contributed by atoms with Crippen molar-refractivity contribution < 1.29 is 9.52 Å². The first-order valence-corrected chi connectivity index (χ1v) is 6.16. The van der Waals surface area contributed by atoms with Gasteiger partial charge in [0.25, 0.3) is 0 Å². The average Bonchev–Trinajstić information content (AvgIpc) is 2.72. The molecule has 17 heavy (non-hydrogen) atoms. The Balaban J connectivity index is 2.14. The summed E-state index contributed by atoms with van der Waals surface area (Å²) in [6.07, 6.45) is 0. The van der Waals surface area contributed by atoms with Crippen LogP contribution in [0.15, 0.2) is 46.9 Å². The van der Waals surface area contributed by atoms with Gasteiger partial charge in [0.2, 0.25) is 5.89 Å². The molecule has 4 heteroatoms. The molecule has 0 aliphatic carbocycles. The third kappa shape index (κ3) is 2.00. The van der Waals surface area contributed by atoms with Crippen molar-refractivity contribution in [3.05, 3.63) is 46.0 Å². The van der Waals surface area contributed by atoms with E-state index in [-0.39, 0.29) is 5.75 Å². The Morgan fingerprint density at radius 2 is 1.82 bits per heavy atom. The third-order valence-corrected chi connectivity index (χ3v) is 3.18.